The SMILES string of the molecule is CC(C)(C)ON1CCCC1=O. The van der Waals surface area contributed by atoms with Gasteiger partial charge in [0.25, 0.3) is 0 Å². The van der Waals surface area contributed by atoms with E-state index >= 15 is 0 Å². The molecule has 3 heteroatoms. The predicted molar refractivity (Wildman–Crippen MR) is 41.8 cm³/mol. The molecule has 0 atom stereocenters. The lowest BCUT2D eigenvalue weighted by Crippen LogP contribution is -2.34. The molecule has 0 bridgehead atoms. The van der Waals surface area contributed by atoms with E-state index in [4.69, 9.17) is 4.84 Å². The fourth-order valence-electron chi connectivity index (χ4n) is 1.05. The molecule has 1 rings (SSSR count). The van der Waals surface area contributed by atoms with Gasteiger partial charge in [-0.05, 0) is 27.2 Å². The van der Waals surface area contributed by atoms with Gasteiger partial charge in [0.1, 0.15) is 0 Å². The number of hydrogen-bond acceptors (Lipinski definition) is 2. The second kappa shape index (κ2) is 2.81. The fraction of sp³-hybridized carbons (Fsp3) is 0.875. The highest BCUT2D eigenvalue weighted by atomic mass is 16.7. The Balaban J connectivity index is 2.43. The summed E-state index contributed by atoms with van der Waals surface area (Å²) in [5, 5.41) is 1.47. The van der Waals surface area contributed by atoms with Gasteiger partial charge in [-0.1, -0.05) is 0 Å². The zero-order valence-corrected chi connectivity index (χ0v) is 7.39. The van der Waals surface area contributed by atoms with Crippen LogP contribution in [0.5, 0.6) is 0 Å². The molecule has 0 spiro atoms. The van der Waals surface area contributed by atoms with Crippen molar-refractivity contribution in [3.8, 4) is 0 Å². The molecule has 0 saturated carbocycles. The number of nitrogens with zero attached hydrogens (tertiary/aromatic N) is 1. The summed E-state index contributed by atoms with van der Waals surface area (Å²) in [6.07, 6.45) is 1.56. The van der Waals surface area contributed by atoms with Crippen LogP contribution in [0, 0.1) is 0 Å². The molecule has 0 aromatic rings. The van der Waals surface area contributed by atoms with Crippen LogP contribution in [0.25, 0.3) is 0 Å². The molecule has 1 heterocycles. The number of hydroxylamine groups is 2. The zero-order valence-electron chi connectivity index (χ0n) is 7.39. The molecule has 1 fully saturated rings. The number of amides is 1. The molecule has 3 nitrogen and oxygen atoms in total. The molecule has 1 amide bonds. The third-order valence-electron chi connectivity index (χ3n) is 1.41. The molecule has 0 N–H and O–H groups in total. The third kappa shape index (κ3) is 2.50. The van der Waals surface area contributed by atoms with E-state index < -0.39 is 0 Å². The standard InChI is InChI=1S/C8H15NO2/c1-8(2,3)11-9-6-4-5-7(9)10/h4-6H2,1-3H3. The van der Waals surface area contributed by atoms with E-state index in [1.807, 2.05) is 20.8 Å². The Hall–Kier alpha value is -0.570. The van der Waals surface area contributed by atoms with Gasteiger partial charge in [-0.2, -0.15) is 0 Å². The molecule has 0 radical (unpaired) electrons. The summed E-state index contributed by atoms with van der Waals surface area (Å²) >= 11 is 0. The van der Waals surface area contributed by atoms with Crippen molar-refractivity contribution in [1.29, 1.82) is 0 Å². The molecule has 0 aromatic carbocycles. The Labute approximate surface area is 67.3 Å². The normalized spacial score (nSPS) is 19.5. The van der Waals surface area contributed by atoms with Crippen molar-refractivity contribution in [2.75, 3.05) is 6.54 Å². The van der Waals surface area contributed by atoms with E-state index in [1.165, 1.54) is 5.06 Å². The van der Waals surface area contributed by atoms with Crippen molar-refractivity contribution in [2.45, 2.75) is 39.2 Å². The summed E-state index contributed by atoms with van der Waals surface area (Å²) in [4.78, 5) is 16.4. The molecular formula is C8H15NO2. The maximum Gasteiger partial charge on any atom is 0.246 e. The summed E-state index contributed by atoms with van der Waals surface area (Å²) in [6, 6.07) is 0. The first-order valence-electron chi connectivity index (χ1n) is 3.98. The van der Waals surface area contributed by atoms with E-state index in [0.717, 1.165) is 13.0 Å². The van der Waals surface area contributed by atoms with Crippen LogP contribution in [0.15, 0.2) is 0 Å². The van der Waals surface area contributed by atoms with Crippen LogP contribution in [0.4, 0.5) is 0 Å². The Morgan fingerprint density at radius 2 is 2.09 bits per heavy atom. The van der Waals surface area contributed by atoms with Gasteiger partial charge in [-0.15, -0.1) is 0 Å². The summed E-state index contributed by atoms with van der Waals surface area (Å²) in [5.74, 6) is 0.111. The number of rotatable bonds is 1. The molecule has 64 valence electrons. The van der Waals surface area contributed by atoms with Gasteiger partial charge >= 0.3 is 0 Å². The summed E-state index contributed by atoms with van der Waals surface area (Å²) < 4.78 is 0. The summed E-state index contributed by atoms with van der Waals surface area (Å²) in [6.45, 7) is 6.58. The van der Waals surface area contributed by atoms with Gasteiger partial charge in [-0.25, -0.2) is 5.06 Å². The van der Waals surface area contributed by atoms with E-state index in [2.05, 4.69) is 0 Å². The first-order valence-corrected chi connectivity index (χ1v) is 3.98. The van der Waals surface area contributed by atoms with Crippen molar-refractivity contribution in [3.63, 3.8) is 0 Å². The lowest BCUT2D eigenvalue weighted by atomic mass is 10.2. The molecule has 0 aliphatic carbocycles. The maximum atomic E-state index is 11.1. The smallest absolute Gasteiger partial charge is 0.246 e. The van der Waals surface area contributed by atoms with Crippen LogP contribution in [0.2, 0.25) is 0 Å². The second-order valence-corrected chi connectivity index (χ2v) is 3.80. The van der Waals surface area contributed by atoms with Crippen molar-refractivity contribution in [2.24, 2.45) is 0 Å². The lowest BCUT2D eigenvalue weighted by molar-refractivity contribution is -0.218. The molecule has 0 aromatic heterocycles. The Bertz CT molecular complexity index is 160. The lowest BCUT2D eigenvalue weighted by Gasteiger charge is -2.25. The van der Waals surface area contributed by atoms with Crippen LogP contribution in [-0.4, -0.2) is 23.1 Å². The van der Waals surface area contributed by atoms with Gasteiger partial charge in [0.05, 0.1) is 5.60 Å². The highest BCUT2D eigenvalue weighted by Crippen LogP contribution is 2.16. The van der Waals surface area contributed by atoms with Crippen LogP contribution in [0.3, 0.4) is 0 Å². The van der Waals surface area contributed by atoms with E-state index in [1.54, 1.807) is 0 Å². The maximum absolute atomic E-state index is 11.1. The van der Waals surface area contributed by atoms with Gasteiger partial charge in [-0.3, -0.25) is 9.63 Å². The summed E-state index contributed by atoms with van der Waals surface area (Å²) in [5.41, 5.74) is -0.250. The van der Waals surface area contributed by atoms with Crippen LogP contribution in [-0.2, 0) is 9.63 Å². The molecule has 1 aliphatic rings. The van der Waals surface area contributed by atoms with E-state index in [-0.39, 0.29) is 11.5 Å². The predicted octanol–water partition coefficient (Wildman–Crippen LogP) is 1.34. The fourth-order valence-corrected chi connectivity index (χ4v) is 1.05. The Morgan fingerprint density at radius 1 is 1.45 bits per heavy atom. The minimum Gasteiger partial charge on any atom is -0.273 e. The van der Waals surface area contributed by atoms with Crippen LogP contribution >= 0.6 is 0 Å². The monoisotopic (exact) mass is 157 g/mol. The molecule has 0 unspecified atom stereocenters. The number of hydrogen-bond donors (Lipinski definition) is 0. The molecule has 11 heavy (non-hydrogen) atoms. The van der Waals surface area contributed by atoms with Crippen molar-refractivity contribution < 1.29 is 9.63 Å². The van der Waals surface area contributed by atoms with Gasteiger partial charge in [0, 0.05) is 13.0 Å². The first-order chi connectivity index (χ1) is 4.99. The highest BCUT2D eigenvalue weighted by molar-refractivity contribution is 5.76. The Kier molecular flexibility index (Phi) is 2.18. The van der Waals surface area contributed by atoms with Crippen LogP contribution < -0.4 is 0 Å². The number of carbonyl (C=O) groups excluding carboxylic acids is 1. The molecule has 1 aliphatic heterocycles. The van der Waals surface area contributed by atoms with E-state index in [9.17, 15) is 4.79 Å². The topological polar surface area (TPSA) is 29.5 Å². The zero-order chi connectivity index (χ0) is 8.48. The van der Waals surface area contributed by atoms with Crippen LogP contribution in [0.1, 0.15) is 33.6 Å². The van der Waals surface area contributed by atoms with Crippen molar-refractivity contribution in [1.82, 2.24) is 5.06 Å². The summed E-state index contributed by atoms with van der Waals surface area (Å²) in [7, 11) is 0. The highest BCUT2D eigenvalue weighted by Gasteiger charge is 2.25. The Morgan fingerprint density at radius 3 is 2.45 bits per heavy atom. The van der Waals surface area contributed by atoms with Gasteiger partial charge < -0.3 is 0 Å². The average Bonchev–Trinajstić information content (AvgIpc) is 2.12. The largest absolute Gasteiger partial charge is 0.273 e. The van der Waals surface area contributed by atoms with Gasteiger partial charge in [0.2, 0.25) is 5.91 Å². The van der Waals surface area contributed by atoms with Crippen molar-refractivity contribution >= 4 is 5.91 Å². The van der Waals surface area contributed by atoms with E-state index in [0.29, 0.717) is 6.42 Å². The van der Waals surface area contributed by atoms with Gasteiger partial charge in [0.15, 0.2) is 0 Å². The molecule has 1 saturated heterocycles. The first kappa shape index (κ1) is 8.53. The quantitative estimate of drug-likeness (QED) is 0.575. The number of carbonyl (C=O) groups is 1. The molecular weight excluding hydrogens is 142 g/mol. The second-order valence-electron chi connectivity index (χ2n) is 3.80. The minimum atomic E-state index is -0.250. The third-order valence-corrected chi connectivity index (χ3v) is 1.41. The average molecular weight is 157 g/mol. The van der Waals surface area contributed by atoms with Crippen molar-refractivity contribution in [3.05, 3.63) is 0 Å². The minimum absolute atomic E-state index is 0.111.